The Kier molecular flexibility index (Phi) is 5.33. The predicted octanol–water partition coefficient (Wildman–Crippen LogP) is 4.51. The zero-order valence-corrected chi connectivity index (χ0v) is 12.5. The molecule has 0 amide bonds. The quantitative estimate of drug-likeness (QED) is 0.662. The highest BCUT2D eigenvalue weighted by Gasteiger charge is 2.22. The smallest absolute Gasteiger partial charge is 0.169 e. The van der Waals surface area contributed by atoms with Gasteiger partial charge in [-0.25, -0.2) is 4.52 Å². The Morgan fingerprint density at radius 3 is 2.55 bits per heavy atom. The summed E-state index contributed by atoms with van der Waals surface area (Å²) in [7, 11) is 0. The van der Waals surface area contributed by atoms with Crippen molar-refractivity contribution in [3.05, 3.63) is 36.2 Å². The van der Waals surface area contributed by atoms with Crippen molar-refractivity contribution in [1.82, 2.24) is 9.61 Å². The minimum atomic E-state index is 0.156. The lowest BCUT2D eigenvalue weighted by molar-refractivity contribution is 0.0904. The number of pyridine rings is 1. The van der Waals surface area contributed by atoms with E-state index in [0.29, 0.717) is 0 Å². The van der Waals surface area contributed by atoms with Gasteiger partial charge >= 0.3 is 0 Å². The molecule has 0 bridgehead atoms. The Bertz CT molecular complexity index is 551. The molecule has 2 heterocycles. The third-order valence-electron chi connectivity index (χ3n) is 3.88. The number of nitrogens with zero attached hydrogens (tertiary/aromatic N) is 2. The second-order valence-corrected chi connectivity index (χ2v) is 5.43. The van der Waals surface area contributed by atoms with Crippen molar-refractivity contribution in [1.29, 1.82) is 0 Å². The van der Waals surface area contributed by atoms with Gasteiger partial charge in [0, 0.05) is 12.1 Å². The zero-order chi connectivity index (χ0) is 14.4. The van der Waals surface area contributed by atoms with E-state index < -0.39 is 0 Å². The number of unbranched alkanes of at least 4 members (excludes halogenated alkanes) is 2. The van der Waals surface area contributed by atoms with Crippen molar-refractivity contribution in [3.63, 3.8) is 0 Å². The van der Waals surface area contributed by atoms with Crippen LogP contribution in [0.3, 0.4) is 0 Å². The number of carbonyl (C=O) groups excluding carboxylic acids is 1. The number of hydrogen-bond donors (Lipinski definition) is 0. The van der Waals surface area contributed by atoms with Crippen molar-refractivity contribution < 1.29 is 4.79 Å². The number of rotatable bonds is 8. The number of fused-ring (bicyclic) bond motifs is 1. The standard InChI is InChI=1S/C17H24N2O/c1-3-5-9-14(10-6-4-2)17(20)15-13-18-19-12-8-7-11-16(15)19/h7-8,11-14H,3-6,9-10H2,1-2H3. The second kappa shape index (κ2) is 7.22. The molecule has 0 aliphatic heterocycles. The molecule has 0 unspecified atom stereocenters. The molecule has 2 aromatic rings. The van der Waals surface area contributed by atoms with Crippen molar-refractivity contribution in [2.24, 2.45) is 5.92 Å². The fourth-order valence-electron chi connectivity index (χ4n) is 2.65. The fourth-order valence-corrected chi connectivity index (χ4v) is 2.65. The first-order valence-electron chi connectivity index (χ1n) is 7.74. The maximum atomic E-state index is 12.8. The SMILES string of the molecule is CCCCC(CCCC)C(=O)c1cnn2ccccc12. The van der Waals surface area contributed by atoms with Gasteiger partial charge in [0.1, 0.15) is 0 Å². The molecule has 0 N–H and O–H groups in total. The van der Waals surface area contributed by atoms with E-state index in [1.165, 1.54) is 0 Å². The van der Waals surface area contributed by atoms with E-state index in [1.807, 2.05) is 24.4 Å². The molecule has 0 radical (unpaired) electrons. The van der Waals surface area contributed by atoms with Gasteiger partial charge in [-0.3, -0.25) is 4.79 Å². The molecule has 2 rings (SSSR count). The average Bonchev–Trinajstić information content (AvgIpc) is 2.91. The van der Waals surface area contributed by atoms with E-state index in [9.17, 15) is 4.79 Å². The monoisotopic (exact) mass is 272 g/mol. The largest absolute Gasteiger partial charge is 0.294 e. The van der Waals surface area contributed by atoms with Crippen LogP contribution in [0.4, 0.5) is 0 Å². The Morgan fingerprint density at radius 2 is 1.90 bits per heavy atom. The summed E-state index contributed by atoms with van der Waals surface area (Å²) in [6.07, 6.45) is 10.1. The lowest BCUT2D eigenvalue weighted by atomic mass is 9.89. The van der Waals surface area contributed by atoms with Crippen LogP contribution < -0.4 is 0 Å². The molecule has 0 atom stereocenters. The number of aromatic nitrogens is 2. The maximum absolute atomic E-state index is 12.8. The third kappa shape index (κ3) is 3.27. The normalized spacial score (nSPS) is 11.3. The first kappa shape index (κ1) is 14.8. The highest BCUT2D eigenvalue weighted by atomic mass is 16.1. The van der Waals surface area contributed by atoms with Crippen molar-refractivity contribution in [2.45, 2.75) is 52.4 Å². The number of Topliss-reactive ketones (excluding diaryl/α,β-unsaturated/α-hetero) is 1. The van der Waals surface area contributed by atoms with Gasteiger partial charge < -0.3 is 0 Å². The van der Waals surface area contributed by atoms with Gasteiger partial charge in [-0.2, -0.15) is 5.10 Å². The Hall–Kier alpha value is -1.64. The number of hydrogen-bond acceptors (Lipinski definition) is 2. The predicted molar refractivity (Wildman–Crippen MR) is 82.1 cm³/mol. The summed E-state index contributed by atoms with van der Waals surface area (Å²) in [4.78, 5) is 12.8. The maximum Gasteiger partial charge on any atom is 0.169 e. The highest BCUT2D eigenvalue weighted by molar-refractivity contribution is 6.03. The summed E-state index contributed by atoms with van der Waals surface area (Å²) < 4.78 is 1.78. The zero-order valence-electron chi connectivity index (χ0n) is 12.5. The van der Waals surface area contributed by atoms with Crippen molar-refractivity contribution in [3.8, 4) is 0 Å². The van der Waals surface area contributed by atoms with Gasteiger partial charge in [-0.05, 0) is 25.0 Å². The van der Waals surface area contributed by atoms with E-state index in [1.54, 1.807) is 10.7 Å². The molecule has 3 heteroatoms. The van der Waals surface area contributed by atoms with Crippen LogP contribution in [0.15, 0.2) is 30.6 Å². The first-order chi connectivity index (χ1) is 9.77. The number of ketones is 1. The third-order valence-corrected chi connectivity index (χ3v) is 3.88. The lowest BCUT2D eigenvalue weighted by Gasteiger charge is -2.14. The molecule has 0 fully saturated rings. The fraction of sp³-hybridized carbons (Fsp3) is 0.529. The molecular weight excluding hydrogens is 248 g/mol. The van der Waals surface area contributed by atoms with Crippen molar-refractivity contribution in [2.75, 3.05) is 0 Å². The van der Waals surface area contributed by atoms with Gasteiger partial charge in [0.15, 0.2) is 5.78 Å². The van der Waals surface area contributed by atoms with Crippen LogP contribution in [0.5, 0.6) is 0 Å². The summed E-state index contributed by atoms with van der Waals surface area (Å²) >= 11 is 0. The first-order valence-corrected chi connectivity index (χ1v) is 7.74. The van der Waals surface area contributed by atoms with Crippen LogP contribution in [-0.2, 0) is 0 Å². The van der Waals surface area contributed by atoms with Gasteiger partial charge in [-0.1, -0.05) is 45.6 Å². The van der Waals surface area contributed by atoms with Crippen LogP contribution in [0.2, 0.25) is 0 Å². The van der Waals surface area contributed by atoms with Crippen LogP contribution in [-0.4, -0.2) is 15.4 Å². The highest BCUT2D eigenvalue weighted by Crippen LogP contribution is 2.23. The molecule has 0 spiro atoms. The molecule has 0 aliphatic carbocycles. The summed E-state index contributed by atoms with van der Waals surface area (Å²) in [6.45, 7) is 4.35. The van der Waals surface area contributed by atoms with E-state index in [-0.39, 0.29) is 11.7 Å². The molecule has 0 saturated carbocycles. The van der Waals surface area contributed by atoms with Crippen LogP contribution in [0.1, 0.15) is 62.7 Å². The minimum Gasteiger partial charge on any atom is -0.294 e. The van der Waals surface area contributed by atoms with Crippen LogP contribution in [0.25, 0.3) is 5.52 Å². The average molecular weight is 272 g/mol. The van der Waals surface area contributed by atoms with Crippen molar-refractivity contribution >= 4 is 11.3 Å². The molecule has 0 aliphatic rings. The van der Waals surface area contributed by atoms with Gasteiger partial charge in [-0.15, -0.1) is 0 Å². The van der Waals surface area contributed by atoms with E-state index in [2.05, 4.69) is 18.9 Å². The molecule has 20 heavy (non-hydrogen) atoms. The second-order valence-electron chi connectivity index (χ2n) is 5.43. The van der Waals surface area contributed by atoms with Gasteiger partial charge in [0.25, 0.3) is 0 Å². The summed E-state index contributed by atoms with van der Waals surface area (Å²) in [6, 6.07) is 5.86. The van der Waals surface area contributed by atoms with Crippen LogP contribution >= 0.6 is 0 Å². The van der Waals surface area contributed by atoms with Gasteiger partial charge in [0.2, 0.25) is 0 Å². The number of carbonyl (C=O) groups is 1. The Balaban J connectivity index is 2.21. The molecule has 3 nitrogen and oxygen atoms in total. The van der Waals surface area contributed by atoms with E-state index >= 15 is 0 Å². The molecule has 0 aromatic carbocycles. The summed E-state index contributed by atoms with van der Waals surface area (Å²) in [5.74, 6) is 0.427. The molecule has 2 aromatic heterocycles. The minimum absolute atomic E-state index is 0.156. The van der Waals surface area contributed by atoms with Crippen LogP contribution in [0, 0.1) is 5.92 Å². The summed E-state index contributed by atoms with van der Waals surface area (Å²) in [5, 5.41) is 4.28. The summed E-state index contributed by atoms with van der Waals surface area (Å²) in [5.41, 5.74) is 1.71. The lowest BCUT2D eigenvalue weighted by Crippen LogP contribution is -2.15. The Labute approximate surface area is 121 Å². The van der Waals surface area contributed by atoms with E-state index in [0.717, 1.165) is 49.6 Å². The Morgan fingerprint density at radius 1 is 1.20 bits per heavy atom. The van der Waals surface area contributed by atoms with E-state index in [4.69, 9.17) is 0 Å². The molecule has 108 valence electrons. The van der Waals surface area contributed by atoms with Gasteiger partial charge in [0.05, 0.1) is 17.3 Å². The topological polar surface area (TPSA) is 34.4 Å². The molecular formula is C17H24N2O. The molecule has 0 saturated heterocycles.